The van der Waals surface area contributed by atoms with Crippen LogP contribution in [0.25, 0.3) is 0 Å². The average Bonchev–Trinajstić information content (AvgIpc) is 3.36. The molecule has 3 rings (SSSR count). The molecule has 1 aromatic carbocycles. The maximum absolute atomic E-state index is 11.8. The van der Waals surface area contributed by atoms with Gasteiger partial charge in [0, 0.05) is 0 Å². The van der Waals surface area contributed by atoms with Crippen molar-refractivity contribution in [3.8, 4) is 0 Å². The Morgan fingerprint density at radius 1 is 1.16 bits per heavy atom. The van der Waals surface area contributed by atoms with Crippen LogP contribution in [-0.2, 0) is 14.9 Å². The van der Waals surface area contributed by atoms with Crippen molar-refractivity contribution in [1.29, 1.82) is 0 Å². The van der Waals surface area contributed by atoms with Gasteiger partial charge in [-0.25, -0.2) is 0 Å². The molecule has 1 aromatic rings. The molecule has 1 aliphatic carbocycles. The van der Waals surface area contributed by atoms with E-state index in [4.69, 9.17) is 9.31 Å². The number of hydrogen-bond acceptors (Lipinski definition) is 3. The summed E-state index contributed by atoms with van der Waals surface area (Å²) in [4.78, 5) is 0. The van der Waals surface area contributed by atoms with Crippen LogP contribution in [0.1, 0.15) is 65.9 Å². The highest BCUT2D eigenvalue weighted by molar-refractivity contribution is 6.51. The number of aliphatic hydroxyl groups is 1. The molecule has 1 saturated carbocycles. The van der Waals surface area contributed by atoms with Crippen molar-refractivity contribution in [1.82, 2.24) is 0 Å². The first kappa shape index (κ1) is 18.7. The minimum absolute atomic E-state index is 0.287. The molecule has 1 aliphatic heterocycles. The van der Waals surface area contributed by atoms with Crippen LogP contribution in [0.3, 0.4) is 0 Å². The molecule has 1 unspecified atom stereocenters. The van der Waals surface area contributed by atoms with E-state index in [1.807, 2.05) is 36.3 Å². The van der Waals surface area contributed by atoms with Crippen molar-refractivity contribution in [2.45, 2.75) is 77.1 Å². The molecule has 1 saturated heterocycles. The third-order valence-corrected chi connectivity index (χ3v) is 6.00. The van der Waals surface area contributed by atoms with Gasteiger partial charge in [-0.15, -0.1) is 0 Å². The third-order valence-electron chi connectivity index (χ3n) is 6.00. The Morgan fingerprint density at radius 2 is 1.72 bits per heavy atom. The van der Waals surface area contributed by atoms with E-state index in [0.717, 1.165) is 36.8 Å². The minimum Gasteiger partial charge on any atom is -0.400 e. The zero-order valence-corrected chi connectivity index (χ0v) is 16.2. The topological polar surface area (TPSA) is 38.7 Å². The van der Waals surface area contributed by atoms with E-state index in [1.54, 1.807) is 0 Å². The van der Waals surface area contributed by atoms with E-state index in [-0.39, 0.29) is 17.1 Å². The van der Waals surface area contributed by atoms with Crippen LogP contribution in [0, 0.1) is 5.92 Å². The summed E-state index contributed by atoms with van der Waals surface area (Å²) in [6, 6.07) is 10.1. The van der Waals surface area contributed by atoms with Crippen molar-refractivity contribution in [3.63, 3.8) is 0 Å². The average molecular weight is 342 g/mol. The molecule has 1 atom stereocenters. The highest BCUT2D eigenvalue weighted by Crippen LogP contribution is 2.51. The molecule has 2 aliphatic rings. The molecule has 4 heteroatoms. The lowest BCUT2D eigenvalue weighted by Crippen LogP contribution is -2.41. The Bertz CT molecular complexity index is 618. The Morgan fingerprint density at radius 3 is 2.20 bits per heavy atom. The lowest BCUT2D eigenvalue weighted by molar-refractivity contribution is 0.00578. The van der Waals surface area contributed by atoms with Gasteiger partial charge in [0.15, 0.2) is 0 Å². The van der Waals surface area contributed by atoms with Gasteiger partial charge < -0.3 is 14.4 Å². The van der Waals surface area contributed by atoms with E-state index >= 15 is 0 Å². The van der Waals surface area contributed by atoms with Gasteiger partial charge >= 0.3 is 7.12 Å². The second-order valence-corrected chi connectivity index (χ2v) is 8.47. The quantitative estimate of drug-likeness (QED) is 0.766. The maximum atomic E-state index is 11.8. The SMILES string of the molecule is CCCC(=CB1OC(C)(C)C(C)(C)O1)C(O)(c1ccccc1)C1CC1. The highest BCUT2D eigenvalue weighted by Gasteiger charge is 2.52. The summed E-state index contributed by atoms with van der Waals surface area (Å²) >= 11 is 0. The molecule has 136 valence electrons. The van der Waals surface area contributed by atoms with Gasteiger partial charge in [0.2, 0.25) is 0 Å². The summed E-state index contributed by atoms with van der Waals surface area (Å²) < 4.78 is 12.3. The molecular formula is C21H31BO3. The van der Waals surface area contributed by atoms with Crippen LogP contribution in [0.5, 0.6) is 0 Å². The molecular weight excluding hydrogens is 311 g/mol. The van der Waals surface area contributed by atoms with Crippen molar-refractivity contribution >= 4 is 7.12 Å². The first-order valence-corrected chi connectivity index (χ1v) is 9.55. The molecule has 1 heterocycles. The molecule has 2 fully saturated rings. The second kappa shape index (κ2) is 6.57. The highest BCUT2D eigenvalue weighted by atomic mass is 16.7. The van der Waals surface area contributed by atoms with E-state index in [9.17, 15) is 5.11 Å². The fraction of sp³-hybridized carbons (Fsp3) is 0.619. The van der Waals surface area contributed by atoms with Crippen LogP contribution in [0.2, 0.25) is 0 Å². The molecule has 0 spiro atoms. The standard InChI is InChI=1S/C21H31BO3/c1-6-10-18(15-22-24-19(2,3)20(4,5)25-22)21(23,17-13-14-17)16-11-8-7-9-12-16/h7-9,11-12,15,17,23H,6,10,13-14H2,1-5H3. The molecule has 0 aromatic heterocycles. The Kier molecular flexibility index (Phi) is 4.91. The van der Waals surface area contributed by atoms with Gasteiger partial charge in [0.25, 0.3) is 0 Å². The normalized spacial score (nSPS) is 25.0. The molecule has 1 N–H and O–H groups in total. The molecule has 0 amide bonds. The van der Waals surface area contributed by atoms with Gasteiger partial charge in [0.05, 0.1) is 11.2 Å². The summed E-state index contributed by atoms with van der Waals surface area (Å²) in [6.45, 7) is 10.4. The van der Waals surface area contributed by atoms with Gasteiger partial charge in [0.1, 0.15) is 5.60 Å². The van der Waals surface area contributed by atoms with Crippen molar-refractivity contribution in [3.05, 3.63) is 47.4 Å². The van der Waals surface area contributed by atoms with Gasteiger partial charge in [-0.05, 0) is 64.0 Å². The van der Waals surface area contributed by atoms with Crippen molar-refractivity contribution in [2.24, 2.45) is 5.92 Å². The van der Waals surface area contributed by atoms with Gasteiger partial charge in [-0.3, -0.25) is 0 Å². The van der Waals surface area contributed by atoms with Crippen LogP contribution in [0.4, 0.5) is 0 Å². The monoisotopic (exact) mass is 342 g/mol. The summed E-state index contributed by atoms with van der Waals surface area (Å²) in [5, 5.41) is 11.8. The fourth-order valence-electron chi connectivity index (χ4n) is 3.67. The first-order chi connectivity index (χ1) is 11.7. The lowest BCUT2D eigenvalue weighted by Gasteiger charge is -2.32. The lowest BCUT2D eigenvalue weighted by atomic mass is 9.74. The molecule has 3 nitrogen and oxygen atoms in total. The van der Waals surface area contributed by atoms with Crippen LogP contribution < -0.4 is 0 Å². The summed E-state index contributed by atoms with van der Waals surface area (Å²) in [6.07, 6.45) is 3.95. The first-order valence-electron chi connectivity index (χ1n) is 9.55. The largest absolute Gasteiger partial charge is 0.487 e. The predicted octanol–water partition coefficient (Wildman–Crippen LogP) is 4.64. The summed E-state index contributed by atoms with van der Waals surface area (Å²) in [7, 11) is -0.416. The van der Waals surface area contributed by atoms with E-state index < -0.39 is 12.7 Å². The number of hydrogen-bond donors (Lipinski definition) is 1. The Labute approximate surface area is 152 Å². The van der Waals surface area contributed by atoms with Crippen molar-refractivity contribution < 1.29 is 14.4 Å². The van der Waals surface area contributed by atoms with Crippen LogP contribution in [-0.4, -0.2) is 23.4 Å². The van der Waals surface area contributed by atoms with Crippen molar-refractivity contribution in [2.75, 3.05) is 0 Å². The van der Waals surface area contributed by atoms with E-state index in [2.05, 4.69) is 34.6 Å². The minimum atomic E-state index is -0.916. The van der Waals surface area contributed by atoms with E-state index in [0.29, 0.717) is 0 Å². The molecule has 0 radical (unpaired) electrons. The van der Waals surface area contributed by atoms with E-state index in [1.165, 1.54) is 0 Å². The van der Waals surface area contributed by atoms with Gasteiger partial charge in [-0.2, -0.15) is 0 Å². The Hall–Kier alpha value is -1.10. The van der Waals surface area contributed by atoms with Crippen LogP contribution >= 0.6 is 0 Å². The number of benzene rings is 1. The van der Waals surface area contributed by atoms with Crippen LogP contribution in [0.15, 0.2) is 41.9 Å². The summed E-state index contributed by atoms with van der Waals surface area (Å²) in [5.41, 5.74) is 0.364. The smallest absolute Gasteiger partial charge is 0.400 e. The molecule has 25 heavy (non-hydrogen) atoms. The fourth-order valence-corrected chi connectivity index (χ4v) is 3.67. The predicted molar refractivity (Wildman–Crippen MR) is 102 cm³/mol. The maximum Gasteiger partial charge on any atom is 0.487 e. The van der Waals surface area contributed by atoms with Gasteiger partial charge in [-0.1, -0.05) is 49.7 Å². The number of rotatable bonds is 6. The summed E-state index contributed by atoms with van der Waals surface area (Å²) in [5.74, 6) is 2.32. The Balaban J connectivity index is 1.97. The zero-order valence-electron chi connectivity index (χ0n) is 16.2. The second-order valence-electron chi connectivity index (χ2n) is 8.47. The zero-order chi connectivity index (χ0) is 18.3. The third kappa shape index (κ3) is 3.44. The molecule has 0 bridgehead atoms.